The Morgan fingerprint density at radius 2 is 1.85 bits per heavy atom. The number of aliphatic hydroxyl groups excluding tert-OH is 1. The van der Waals surface area contributed by atoms with Crippen LogP contribution in [0.1, 0.15) is 22.1 Å². The molecule has 0 spiro atoms. The first kappa shape index (κ1) is 14.1. The maximum Gasteiger partial charge on any atom is 0.115 e. The van der Waals surface area contributed by atoms with Gasteiger partial charge in [-0.3, -0.25) is 0 Å². The largest absolute Gasteiger partial charge is 0.383 e. The second-order valence-corrected chi connectivity index (χ2v) is 6.83. The zero-order chi connectivity index (χ0) is 14.3. The smallest absolute Gasteiger partial charge is 0.115 e. The molecule has 4 heteroatoms. The van der Waals surface area contributed by atoms with Gasteiger partial charge in [-0.1, -0.05) is 57.9 Å². The Bertz CT molecular complexity index is 781. The number of benzene rings is 2. The molecule has 0 bridgehead atoms. The second-order valence-electron chi connectivity index (χ2n) is 4.68. The van der Waals surface area contributed by atoms with Crippen LogP contribution in [0.4, 0.5) is 0 Å². The zero-order valence-corrected chi connectivity index (χ0v) is 13.9. The van der Waals surface area contributed by atoms with Crippen molar-refractivity contribution >= 4 is 49.6 Å². The summed E-state index contributed by atoms with van der Waals surface area (Å²) in [6.45, 7) is 1.95. The van der Waals surface area contributed by atoms with Gasteiger partial charge in [0.25, 0.3) is 0 Å². The number of thiophene rings is 1. The van der Waals surface area contributed by atoms with Crippen molar-refractivity contribution in [3.63, 3.8) is 0 Å². The first-order valence-corrected chi connectivity index (χ1v) is 8.23. The third-order valence-electron chi connectivity index (χ3n) is 3.37. The summed E-state index contributed by atoms with van der Waals surface area (Å²) in [4.78, 5) is 0.802. The fourth-order valence-electron chi connectivity index (χ4n) is 2.30. The number of halogens is 2. The molecule has 3 rings (SSSR count). The van der Waals surface area contributed by atoms with E-state index in [4.69, 9.17) is 11.6 Å². The molecule has 102 valence electrons. The first-order valence-electron chi connectivity index (χ1n) is 6.18. The fourth-order valence-corrected chi connectivity index (χ4v) is 4.08. The molecule has 0 saturated carbocycles. The summed E-state index contributed by atoms with van der Waals surface area (Å²) in [5, 5.41) is 15.5. The molecule has 1 N–H and O–H groups in total. The molecular weight excluding hydrogens is 356 g/mol. The Morgan fingerprint density at radius 3 is 2.50 bits per heavy atom. The highest BCUT2D eigenvalue weighted by Crippen LogP contribution is 2.39. The highest BCUT2D eigenvalue weighted by molar-refractivity contribution is 9.10. The Hall–Kier alpha value is -0.870. The van der Waals surface area contributed by atoms with Crippen LogP contribution in [0, 0.1) is 6.92 Å². The van der Waals surface area contributed by atoms with Gasteiger partial charge in [-0.2, -0.15) is 0 Å². The zero-order valence-electron chi connectivity index (χ0n) is 10.7. The van der Waals surface area contributed by atoms with Gasteiger partial charge in [-0.15, -0.1) is 11.3 Å². The van der Waals surface area contributed by atoms with Gasteiger partial charge < -0.3 is 5.11 Å². The minimum atomic E-state index is -0.695. The van der Waals surface area contributed by atoms with Crippen LogP contribution in [-0.2, 0) is 0 Å². The van der Waals surface area contributed by atoms with E-state index in [2.05, 4.69) is 15.9 Å². The molecule has 1 atom stereocenters. The molecule has 1 nitrogen and oxygen atoms in total. The van der Waals surface area contributed by atoms with E-state index in [0.717, 1.165) is 31.2 Å². The molecule has 20 heavy (non-hydrogen) atoms. The molecule has 1 unspecified atom stereocenters. The van der Waals surface area contributed by atoms with Gasteiger partial charge in [-0.05, 0) is 40.3 Å². The number of hydrogen-bond acceptors (Lipinski definition) is 2. The van der Waals surface area contributed by atoms with Crippen molar-refractivity contribution in [1.29, 1.82) is 0 Å². The van der Waals surface area contributed by atoms with E-state index in [0.29, 0.717) is 5.02 Å². The molecule has 0 amide bonds. The van der Waals surface area contributed by atoms with Crippen molar-refractivity contribution in [3.05, 3.63) is 67.3 Å². The van der Waals surface area contributed by atoms with Crippen LogP contribution in [0.3, 0.4) is 0 Å². The number of aliphatic hydroxyl groups is 1. The second kappa shape index (κ2) is 5.49. The van der Waals surface area contributed by atoms with Crippen LogP contribution < -0.4 is 0 Å². The van der Waals surface area contributed by atoms with Crippen molar-refractivity contribution in [2.45, 2.75) is 13.0 Å². The van der Waals surface area contributed by atoms with Gasteiger partial charge in [0, 0.05) is 4.47 Å². The van der Waals surface area contributed by atoms with Crippen LogP contribution in [-0.4, -0.2) is 5.11 Å². The summed E-state index contributed by atoms with van der Waals surface area (Å²) < 4.78 is 1.03. The summed E-state index contributed by atoms with van der Waals surface area (Å²) in [5.41, 5.74) is 1.89. The molecule has 2 aromatic carbocycles. The van der Waals surface area contributed by atoms with E-state index in [1.54, 1.807) is 0 Å². The van der Waals surface area contributed by atoms with Crippen LogP contribution in [0.15, 0.2) is 46.3 Å². The van der Waals surface area contributed by atoms with Crippen LogP contribution in [0.5, 0.6) is 0 Å². The minimum absolute atomic E-state index is 0.662. The number of hydrogen-bond donors (Lipinski definition) is 1. The summed E-state index contributed by atoms with van der Waals surface area (Å²) >= 11 is 11.3. The van der Waals surface area contributed by atoms with Gasteiger partial charge in [0.2, 0.25) is 0 Å². The maximum absolute atomic E-state index is 10.7. The van der Waals surface area contributed by atoms with Crippen molar-refractivity contribution < 1.29 is 5.11 Å². The molecule has 0 aliphatic rings. The monoisotopic (exact) mass is 366 g/mol. The fraction of sp³-hybridized carbons (Fsp3) is 0.125. The van der Waals surface area contributed by atoms with Gasteiger partial charge in [0.05, 0.1) is 9.90 Å². The molecule has 0 aliphatic heterocycles. The lowest BCUT2D eigenvalue weighted by Gasteiger charge is -2.14. The van der Waals surface area contributed by atoms with Crippen LogP contribution in [0.2, 0.25) is 5.02 Å². The highest BCUT2D eigenvalue weighted by Gasteiger charge is 2.19. The molecule has 0 saturated heterocycles. The van der Waals surface area contributed by atoms with Gasteiger partial charge in [0.15, 0.2) is 0 Å². The predicted molar refractivity (Wildman–Crippen MR) is 89.8 cm³/mol. The van der Waals surface area contributed by atoms with E-state index in [9.17, 15) is 5.11 Å². The summed E-state index contributed by atoms with van der Waals surface area (Å²) in [6, 6.07) is 11.9. The molecule has 0 radical (unpaired) electrons. The number of rotatable bonds is 2. The third kappa shape index (κ3) is 2.29. The number of fused-ring (bicyclic) bond motifs is 1. The van der Waals surface area contributed by atoms with Crippen molar-refractivity contribution in [1.82, 2.24) is 0 Å². The Labute approximate surface area is 135 Å². The minimum Gasteiger partial charge on any atom is -0.383 e. The van der Waals surface area contributed by atoms with E-state index in [-0.39, 0.29) is 0 Å². The lowest BCUT2D eigenvalue weighted by molar-refractivity contribution is 0.226. The molecule has 1 aromatic heterocycles. The Balaban J connectivity index is 2.20. The van der Waals surface area contributed by atoms with Gasteiger partial charge >= 0.3 is 0 Å². The van der Waals surface area contributed by atoms with Crippen molar-refractivity contribution in [2.24, 2.45) is 0 Å². The molecule has 3 aromatic rings. The molecular formula is C16H12BrClOS. The summed E-state index contributed by atoms with van der Waals surface area (Å²) in [7, 11) is 0. The molecule has 0 aliphatic carbocycles. The topological polar surface area (TPSA) is 20.2 Å². The maximum atomic E-state index is 10.7. The Kier molecular flexibility index (Phi) is 3.87. The summed E-state index contributed by atoms with van der Waals surface area (Å²) in [6.07, 6.45) is -0.695. The van der Waals surface area contributed by atoms with Gasteiger partial charge in [-0.25, -0.2) is 0 Å². The van der Waals surface area contributed by atoms with Gasteiger partial charge in [0.1, 0.15) is 6.10 Å². The van der Waals surface area contributed by atoms with E-state index >= 15 is 0 Å². The lowest BCUT2D eigenvalue weighted by atomic mass is 9.99. The summed E-state index contributed by atoms with van der Waals surface area (Å²) in [5.74, 6) is 0. The highest BCUT2D eigenvalue weighted by atomic mass is 79.9. The third-order valence-corrected chi connectivity index (χ3v) is 5.83. The van der Waals surface area contributed by atoms with Crippen molar-refractivity contribution in [2.75, 3.05) is 0 Å². The van der Waals surface area contributed by atoms with E-state index < -0.39 is 6.10 Å². The average molecular weight is 368 g/mol. The normalized spacial score (nSPS) is 12.8. The average Bonchev–Trinajstić information content (AvgIpc) is 2.79. The van der Waals surface area contributed by atoms with Crippen LogP contribution in [0.25, 0.3) is 10.8 Å². The number of aryl methyl sites for hydroxylation is 1. The standard InChI is InChI=1S/C16H12BrClOS/c1-9-8-20-16(14(9)18)15(19)12-6-7-13(17)11-5-3-2-4-10(11)12/h2-8,15,19H,1H3. The lowest BCUT2D eigenvalue weighted by Crippen LogP contribution is -1.99. The first-order chi connectivity index (χ1) is 9.59. The van der Waals surface area contributed by atoms with E-state index in [1.165, 1.54) is 11.3 Å². The predicted octanol–water partition coefficient (Wildman–Crippen LogP) is 5.71. The van der Waals surface area contributed by atoms with Crippen LogP contribution >= 0.6 is 38.9 Å². The Morgan fingerprint density at radius 1 is 1.15 bits per heavy atom. The van der Waals surface area contributed by atoms with E-state index in [1.807, 2.05) is 48.7 Å². The molecule has 0 fully saturated rings. The molecule has 1 heterocycles. The SMILES string of the molecule is Cc1csc(C(O)c2ccc(Br)c3ccccc23)c1Cl. The van der Waals surface area contributed by atoms with Crippen molar-refractivity contribution in [3.8, 4) is 0 Å². The quantitative estimate of drug-likeness (QED) is 0.615.